The van der Waals surface area contributed by atoms with Gasteiger partial charge in [0.15, 0.2) is 11.6 Å². The second-order valence-electron chi connectivity index (χ2n) is 10.6. The monoisotopic (exact) mass is 621 g/mol. The number of hydrogen-bond donors (Lipinski definition) is 2. The number of nitrogens with zero attached hydrogens (tertiary/aromatic N) is 4. The maximum Gasteiger partial charge on any atom is 0.252 e. The van der Waals surface area contributed by atoms with Crippen LogP contribution < -0.4 is 19.5 Å². The van der Waals surface area contributed by atoms with E-state index in [2.05, 4.69) is 15.3 Å². The van der Waals surface area contributed by atoms with E-state index in [1.807, 2.05) is 72.8 Å². The molecule has 1 heterocycles. The lowest BCUT2D eigenvalue weighted by molar-refractivity contribution is -0.129. The van der Waals surface area contributed by atoms with Gasteiger partial charge < -0.3 is 29.4 Å². The Balaban J connectivity index is 1.62. The largest absolute Gasteiger partial charge is 0.497 e. The zero-order valence-electron chi connectivity index (χ0n) is 25.6. The van der Waals surface area contributed by atoms with Crippen LogP contribution >= 0.6 is 0 Å². The molecule has 0 aliphatic carbocycles. The van der Waals surface area contributed by atoms with Crippen molar-refractivity contribution in [1.29, 1.82) is 0 Å². The standard InChI is InChI=1S/C35H35N5O6/c1-43-29-12-7-11-25(21-29)32-35(22-26-9-3-5-13-30(26)39-40-36,34(42)37-23-27-10-4-6-14-31(27)44-2)38-33(46-32)24-15-17-28(18-16-24)45-20-8-19-41/h3-7,9-18,21,32,41H,8,19-20,22-23H2,1-2H3,(H,37,42)/t32-,35-/m1/s1. The molecule has 0 saturated heterocycles. The minimum atomic E-state index is -1.53. The number of aliphatic hydroxyl groups excluding tert-OH is 1. The highest BCUT2D eigenvalue weighted by Gasteiger charge is 2.53. The summed E-state index contributed by atoms with van der Waals surface area (Å²) in [5.41, 5.74) is 10.9. The Morgan fingerprint density at radius 1 is 0.978 bits per heavy atom. The van der Waals surface area contributed by atoms with Crippen molar-refractivity contribution in [1.82, 2.24) is 5.32 Å². The molecule has 1 aliphatic heterocycles. The predicted molar refractivity (Wildman–Crippen MR) is 174 cm³/mol. The van der Waals surface area contributed by atoms with E-state index in [-0.39, 0.29) is 31.4 Å². The second kappa shape index (κ2) is 15.0. The number of methoxy groups -OCH3 is 2. The quantitative estimate of drug-likeness (QED) is 0.0739. The van der Waals surface area contributed by atoms with Crippen molar-refractivity contribution in [2.75, 3.05) is 27.4 Å². The third-order valence-corrected chi connectivity index (χ3v) is 7.66. The lowest BCUT2D eigenvalue weighted by Gasteiger charge is -2.31. The van der Waals surface area contributed by atoms with Crippen LogP contribution in [0.3, 0.4) is 0 Å². The summed E-state index contributed by atoms with van der Waals surface area (Å²) >= 11 is 0. The Bertz CT molecular complexity index is 1740. The lowest BCUT2D eigenvalue weighted by atomic mass is 9.81. The SMILES string of the molecule is COc1cccc([C@H]2OC(c3ccc(OCCCO)cc3)=N[C@@]2(Cc2ccccc2N=[N+]=[N-])C(=O)NCc2ccccc2OC)c1. The average Bonchev–Trinajstić information content (AvgIpc) is 3.49. The van der Waals surface area contributed by atoms with Crippen molar-refractivity contribution in [2.45, 2.75) is 31.0 Å². The molecule has 11 heteroatoms. The zero-order valence-corrected chi connectivity index (χ0v) is 25.6. The van der Waals surface area contributed by atoms with E-state index in [0.717, 1.165) is 5.56 Å². The fourth-order valence-electron chi connectivity index (χ4n) is 5.36. The molecule has 2 N–H and O–H groups in total. The van der Waals surface area contributed by atoms with Crippen LogP contribution in [0.25, 0.3) is 10.4 Å². The number of carbonyl (C=O) groups is 1. The summed E-state index contributed by atoms with van der Waals surface area (Å²) in [7, 11) is 3.15. The summed E-state index contributed by atoms with van der Waals surface area (Å²) in [5, 5.41) is 16.1. The number of aliphatic imine (C=N–C) groups is 1. The van der Waals surface area contributed by atoms with Gasteiger partial charge in [0.1, 0.15) is 17.2 Å². The lowest BCUT2D eigenvalue weighted by Crippen LogP contribution is -2.49. The van der Waals surface area contributed by atoms with Crippen LogP contribution in [0.15, 0.2) is 107 Å². The van der Waals surface area contributed by atoms with E-state index in [1.54, 1.807) is 38.5 Å². The van der Waals surface area contributed by atoms with E-state index in [0.29, 0.717) is 52.7 Å². The molecule has 0 spiro atoms. The maximum absolute atomic E-state index is 14.6. The average molecular weight is 622 g/mol. The summed E-state index contributed by atoms with van der Waals surface area (Å²) in [6.45, 7) is 0.599. The molecule has 0 saturated carbocycles. The van der Waals surface area contributed by atoms with Crippen molar-refractivity contribution in [3.8, 4) is 17.2 Å². The zero-order chi connectivity index (χ0) is 32.4. The van der Waals surface area contributed by atoms with Crippen molar-refractivity contribution in [3.63, 3.8) is 0 Å². The Labute approximate surface area is 267 Å². The molecule has 0 fully saturated rings. The third-order valence-electron chi connectivity index (χ3n) is 7.66. The topological polar surface area (TPSA) is 147 Å². The van der Waals surface area contributed by atoms with Gasteiger partial charge in [-0.1, -0.05) is 59.7 Å². The molecular formula is C35H35N5O6. The number of carbonyl (C=O) groups excluding carboxylic acids is 1. The molecule has 0 aromatic heterocycles. The molecule has 4 aromatic carbocycles. The van der Waals surface area contributed by atoms with E-state index >= 15 is 0 Å². The number of amides is 1. The first-order valence-corrected chi connectivity index (χ1v) is 14.8. The van der Waals surface area contributed by atoms with Crippen molar-refractivity contribution in [2.24, 2.45) is 10.1 Å². The van der Waals surface area contributed by atoms with Gasteiger partial charge in [-0.2, -0.15) is 0 Å². The summed E-state index contributed by atoms with van der Waals surface area (Å²) in [4.78, 5) is 22.7. The van der Waals surface area contributed by atoms with Gasteiger partial charge in [0, 0.05) is 47.7 Å². The molecular weight excluding hydrogens is 586 g/mol. The molecule has 11 nitrogen and oxygen atoms in total. The van der Waals surface area contributed by atoms with Crippen LogP contribution in [0.1, 0.15) is 34.8 Å². The van der Waals surface area contributed by atoms with Crippen LogP contribution in [-0.2, 0) is 22.5 Å². The fourth-order valence-corrected chi connectivity index (χ4v) is 5.36. The highest BCUT2D eigenvalue weighted by atomic mass is 16.5. The molecule has 0 bridgehead atoms. The van der Waals surface area contributed by atoms with Crippen LogP contribution in [0.2, 0.25) is 0 Å². The van der Waals surface area contributed by atoms with Gasteiger partial charge in [-0.15, -0.1) is 0 Å². The summed E-state index contributed by atoms with van der Waals surface area (Å²) in [5.74, 6) is 1.74. The number of para-hydroxylation sites is 1. The number of benzene rings is 4. The first-order chi connectivity index (χ1) is 22.5. The normalized spacial score (nSPS) is 16.8. The maximum atomic E-state index is 14.6. The molecule has 0 unspecified atom stereocenters. The Morgan fingerprint density at radius 3 is 2.48 bits per heavy atom. The molecule has 236 valence electrons. The van der Waals surface area contributed by atoms with Gasteiger partial charge in [-0.05, 0) is 59.1 Å². The first-order valence-electron chi connectivity index (χ1n) is 14.8. The number of azide groups is 1. The Morgan fingerprint density at radius 2 is 1.74 bits per heavy atom. The van der Waals surface area contributed by atoms with Gasteiger partial charge in [0.2, 0.25) is 5.90 Å². The van der Waals surface area contributed by atoms with Crippen LogP contribution in [0, 0.1) is 0 Å². The second-order valence-corrected chi connectivity index (χ2v) is 10.6. The molecule has 1 aliphatic rings. The van der Waals surface area contributed by atoms with Gasteiger partial charge in [-0.3, -0.25) is 4.79 Å². The number of rotatable bonds is 14. The molecule has 4 aromatic rings. The fraction of sp³-hybridized carbons (Fsp3) is 0.257. The number of nitrogens with one attached hydrogen (secondary N) is 1. The third kappa shape index (κ3) is 7.07. The van der Waals surface area contributed by atoms with Gasteiger partial charge >= 0.3 is 0 Å². The summed E-state index contributed by atoms with van der Waals surface area (Å²) in [6, 6.07) is 29.1. The Hall–Kier alpha value is -5.51. The highest BCUT2D eigenvalue weighted by molar-refractivity contribution is 6.01. The molecule has 1 amide bonds. The molecule has 46 heavy (non-hydrogen) atoms. The number of ether oxygens (including phenoxy) is 4. The minimum Gasteiger partial charge on any atom is -0.497 e. The van der Waals surface area contributed by atoms with Gasteiger partial charge in [-0.25, -0.2) is 4.99 Å². The van der Waals surface area contributed by atoms with Crippen molar-refractivity contribution in [3.05, 3.63) is 130 Å². The van der Waals surface area contributed by atoms with E-state index in [1.165, 1.54) is 0 Å². The summed E-state index contributed by atoms with van der Waals surface area (Å²) in [6.07, 6.45) is -0.299. The predicted octanol–water partition coefficient (Wildman–Crippen LogP) is 6.22. The van der Waals surface area contributed by atoms with Crippen molar-refractivity contribution < 1.29 is 28.8 Å². The van der Waals surface area contributed by atoms with Crippen LogP contribution in [0.5, 0.6) is 17.2 Å². The highest BCUT2D eigenvalue weighted by Crippen LogP contribution is 2.44. The van der Waals surface area contributed by atoms with Gasteiger partial charge in [0.05, 0.1) is 20.8 Å². The first kappa shape index (κ1) is 31.9. The molecule has 2 atom stereocenters. The van der Waals surface area contributed by atoms with E-state index in [4.69, 9.17) is 29.0 Å². The Kier molecular flexibility index (Phi) is 10.4. The van der Waals surface area contributed by atoms with Crippen LogP contribution in [0.4, 0.5) is 5.69 Å². The van der Waals surface area contributed by atoms with Crippen molar-refractivity contribution >= 4 is 17.5 Å². The minimum absolute atomic E-state index is 0.0401. The summed E-state index contributed by atoms with van der Waals surface area (Å²) < 4.78 is 23.3. The number of aliphatic hydroxyl groups is 1. The van der Waals surface area contributed by atoms with E-state index in [9.17, 15) is 10.3 Å². The molecule has 0 radical (unpaired) electrons. The number of hydrogen-bond acceptors (Lipinski definition) is 8. The van der Waals surface area contributed by atoms with E-state index < -0.39 is 11.6 Å². The molecule has 5 rings (SSSR count). The van der Waals surface area contributed by atoms with Crippen LogP contribution in [-0.4, -0.2) is 49.9 Å². The van der Waals surface area contributed by atoms with Gasteiger partial charge in [0.25, 0.3) is 5.91 Å². The smallest absolute Gasteiger partial charge is 0.252 e.